The second-order valence-corrected chi connectivity index (χ2v) is 8.05. The van der Waals surface area contributed by atoms with Gasteiger partial charge in [-0.3, -0.25) is 9.59 Å². The Labute approximate surface area is 202 Å². The summed E-state index contributed by atoms with van der Waals surface area (Å²) in [6, 6.07) is 21.2. The molecule has 0 unspecified atom stereocenters. The molecule has 0 heterocycles. The molecular weight excluding hydrogens is 459 g/mol. The minimum absolute atomic E-state index is 0.0488. The van der Waals surface area contributed by atoms with Gasteiger partial charge in [0.2, 0.25) is 0 Å². The zero-order valence-electron chi connectivity index (χ0n) is 18.0. The maximum atomic E-state index is 12.8. The predicted octanol–water partition coefficient (Wildman–Crippen LogP) is 4.98. The fraction of sp³-hybridized carbons (Fsp3) is 0.0800. The van der Waals surface area contributed by atoms with E-state index in [1.807, 2.05) is 49.3 Å². The molecule has 0 aliphatic heterocycles. The van der Waals surface area contributed by atoms with Crippen molar-refractivity contribution in [1.29, 1.82) is 0 Å². The molecule has 0 radical (unpaired) electrons. The van der Waals surface area contributed by atoms with Gasteiger partial charge in [-0.25, -0.2) is 5.43 Å². The molecule has 0 aliphatic carbocycles. The molecule has 8 heteroatoms. The molecule has 0 aliphatic rings. The van der Waals surface area contributed by atoms with Gasteiger partial charge in [0.25, 0.3) is 11.8 Å². The monoisotopic (exact) mass is 480 g/mol. The Morgan fingerprint density at radius 1 is 0.879 bits per heavy atom. The average molecular weight is 481 g/mol. The number of nitrogens with zero attached hydrogens (tertiary/aromatic N) is 2. The van der Waals surface area contributed by atoms with Crippen molar-refractivity contribution < 1.29 is 9.59 Å². The van der Waals surface area contributed by atoms with Crippen LogP contribution in [0.15, 0.2) is 83.6 Å². The Morgan fingerprint density at radius 2 is 1.55 bits per heavy atom. The van der Waals surface area contributed by atoms with Crippen molar-refractivity contribution in [2.45, 2.75) is 0 Å². The molecule has 2 amide bonds. The van der Waals surface area contributed by atoms with E-state index in [-0.39, 0.29) is 5.70 Å². The van der Waals surface area contributed by atoms with Gasteiger partial charge < -0.3 is 10.2 Å². The molecule has 3 aromatic rings. The lowest BCUT2D eigenvalue weighted by Crippen LogP contribution is -2.32. The highest BCUT2D eigenvalue weighted by molar-refractivity contribution is 6.42. The second kappa shape index (κ2) is 11.3. The Morgan fingerprint density at radius 3 is 2.18 bits per heavy atom. The van der Waals surface area contributed by atoms with Crippen molar-refractivity contribution in [3.8, 4) is 0 Å². The summed E-state index contributed by atoms with van der Waals surface area (Å²) < 4.78 is 0. The van der Waals surface area contributed by atoms with Crippen LogP contribution >= 0.6 is 23.2 Å². The molecule has 0 saturated carbocycles. The summed E-state index contributed by atoms with van der Waals surface area (Å²) in [4.78, 5) is 27.5. The fourth-order valence-electron chi connectivity index (χ4n) is 2.80. The van der Waals surface area contributed by atoms with Crippen LogP contribution < -0.4 is 15.6 Å². The lowest BCUT2D eigenvalue weighted by Gasteiger charge is -2.12. The third kappa shape index (κ3) is 6.94. The lowest BCUT2D eigenvalue weighted by molar-refractivity contribution is -0.117. The van der Waals surface area contributed by atoms with E-state index < -0.39 is 11.8 Å². The van der Waals surface area contributed by atoms with E-state index in [1.54, 1.807) is 48.5 Å². The van der Waals surface area contributed by atoms with Gasteiger partial charge in [-0.15, -0.1) is 0 Å². The molecule has 0 bridgehead atoms. The van der Waals surface area contributed by atoms with Crippen molar-refractivity contribution >= 4 is 53.0 Å². The number of hydrogen-bond donors (Lipinski definition) is 2. The normalized spacial score (nSPS) is 11.3. The zero-order chi connectivity index (χ0) is 23.8. The highest BCUT2D eigenvalue weighted by Gasteiger charge is 2.14. The third-order valence-electron chi connectivity index (χ3n) is 4.57. The number of nitrogens with one attached hydrogen (secondary N) is 2. The molecule has 2 N–H and O–H groups in total. The van der Waals surface area contributed by atoms with Gasteiger partial charge in [-0.2, -0.15) is 5.10 Å². The Kier molecular flexibility index (Phi) is 8.24. The molecule has 3 rings (SSSR count). The third-order valence-corrected chi connectivity index (χ3v) is 5.31. The van der Waals surface area contributed by atoms with Crippen LogP contribution in [0.2, 0.25) is 10.0 Å². The molecule has 3 aromatic carbocycles. The topological polar surface area (TPSA) is 73.8 Å². The first-order valence-electron chi connectivity index (χ1n) is 9.97. The van der Waals surface area contributed by atoms with E-state index >= 15 is 0 Å². The smallest absolute Gasteiger partial charge is 0.287 e. The van der Waals surface area contributed by atoms with Crippen LogP contribution in [0.4, 0.5) is 5.69 Å². The summed E-state index contributed by atoms with van der Waals surface area (Å²) in [6.45, 7) is 0. The molecule has 6 nitrogen and oxygen atoms in total. The number of benzene rings is 3. The minimum Gasteiger partial charge on any atom is -0.378 e. The van der Waals surface area contributed by atoms with E-state index in [1.165, 1.54) is 6.21 Å². The summed E-state index contributed by atoms with van der Waals surface area (Å²) in [7, 11) is 3.88. The summed E-state index contributed by atoms with van der Waals surface area (Å²) in [6.07, 6.45) is 3.02. The van der Waals surface area contributed by atoms with Crippen LogP contribution in [0.1, 0.15) is 21.5 Å². The van der Waals surface area contributed by atoms with Gasteiger partial charge >= 0.3 is 0 Å². The largest absolute Gasteiger partial charge is 0.378 e. The number of hydrazone groups is 1. The molecule has 0 aromatic heterocycles. The Bertz CT molecular complexity index is 1190. The van der Waals surface area contributed by atoms with Crippen LogP contribution in [-0.4, -0.2) is 32.1 Å². The van der Waals surface area contributed by atoms with Gasteiger partial charge in [-0.1, -0.05) is 59.6 Å². The number of carbonyl (C=O) groups is 2. The molecule has 0 spiro atoms. The van der Waals surface area contributed by atoms with Crippen LogP contribution in [0.3, 0.4) is 0 Å². The van der Waals surface area contributed by atoms with E-state index in [0.29, 0.717) is 21.2 Å². The van der Waals surface area contributed by atoms with Crippen molar-refractivity contribution in [3.63, 3.8) is 0 Å². The fourth-order valence-corrected chi connectivity index (χ4v) is 3.10. The molecule has 0 atom stereocenters. The number of amides is 2. The minimum atomic E-state index is -0.577. The van der Waals surface area contributed by atoms with Gasteiger partial charge in [-0.05, 0) is 53.6 Å². The quantitative estimate of drug-likeness (QED) is 0.284. The number of hydrogen-bond acceptors (Lipinski definition) is 4. The van der Waals surface area contributed by atoms with Gasteiger partial charge in [0.05, 0.1) is 16.3 Å². The number of halogens is 2. The summed E-state index contributed by atoms with van der Waals surface area (Å²) in [5.74, 6) is -0.984. The van der Waals surface area contributed by atoms with Gasteiger partial charge in [0, 0.05) is 25.3 Å². The first-order chi connectivity index (χ1) is 15.8. The van der Waals surface area contributed by atoms with E-state index in [9.17, 15) is 9.59 Å². The second-order valence-electron chi connectivity index (χ2n) is 7.24. The van der Waals surface area contributed by atoms with E-state index in [4.69, 9.17) is 23.2 Å². The molecular formula is C25H22Cl2N4O2. The van der Waals surface area contributed by atoms with Crippen molar-refractivity contribution in [2.24, 2.45) is 5.10 Å². The average Bonchev–Trinajstić information content (AvgIpc) is 2.81. The van der Waals surface area contributed by atoms with Crippen molar-refractivity contribution in [2.75, 3.05) is 19.0 Å². The number of carbonyl (C=O) groups excluding carboxylic acids is 2. The summed E-state index contributed by atoms with van der Waals surface area (Å²) >= 11 is 11.9. The lowest BCUT2D eigenvalue weighted by atomic mass is 10.1. The summed E-state index contributed by atoms with van der Waals surface area (Å²) in [5.41, 5.74) is 5.32. The van der Waals surface area contributed by atoms with Crippen LogP contribution in [0.25, 0.3) is 6.08 Å². The first kappa shape index (κ1) is 24.0. The van der Waals surface area contributed by atoms with Crippen LogP contribution in [-0.2, 0) is 4.79 Å². The van der Waals surface area contributed by atoms with Gasteiger partial charge in [0.1, 0.15) is 5.70 Å². The van der Waals surface area contributed by atoms with Crippen molar-refractivity contribution in [1.82, 2.24) is 10.7 Å². The first-order valence-corrected chi connectivity index (χ1v) is 10.7. The maximum Gasteiger partial charge on any atom is 0.287 e. The molecule has 168 valence electrons. The Hall–Kier alpha value is -3.61. The SMILES string of the molecule is CN(C)c1ccc(/C=C(/NC(=O)c2ccccc2)C(=O)N/N=C\c2ccc(Cl)c(Cl)c2)cc1. The van der Waals surface area contributed by atoms with Crippen molar-refractivity contribution in [3.05, 3.63) is 105 Å². The molecule has 33 heavy (non-hydrogen) atoms. The number of rotatable bonds is 7. The van der Waals surface area contributed by atoms with Crippen LogP contribution in [0.5, 0.6) is 0 Å². The highest BCUT2D eigenvalue weighted by Crippen LogP contribution is 2.21. The predicted molar refractivity (Wildman–Crippen MR) is 135 cm³/mol. The van der Waals surface area contributed by atoms with Crippen LogP contribution in [0, 0.1) is 0 Å². The maximum absolute atomic E-state index is 12.8. The summed E-state index contributed by atoms with van der Waals surface area (Å²) in [5, 5.41) is 7.44. The highest BCUT2D eigenvalue weighted by atomic mass is 35.5. The Balaban J connectivity index is 1.81. The van der Waals surface area contributed by atoms with E-state index in [0.717, 1.165) is 11.3 Å². The van der Waals surface area contributed by atoms with Gasteiger partial charge in [0.15, 0.2) is 0 Å². The number of anilines is 1. The standard InChI is InChI=1S/C25H22Cl2N4O2/c1-31(2)20-11-8-17(9-12-20)15-23(29-24(32)19-6-4-3-5-7-19)25(33)30-28-16-18-10-13-21(26)22(27)14-18/h3-16H,1-2H3,(H,29,32)(H,30,33)/b23-15+,28-16-. The molecule has 0 saturated heterocycles. The zero-order valence-corrected chi connectivity index (χ0v) is 19.6. The molecule has 0 fully saturated rings. The van der Waals surface area contributed by atoms with E-state index in [2.05, 4.69) is 15.8 Å².